The maximum absolute atomic E-state index is 13.0. The molecule has 2 aromatic rings. The van der Waals surface area contributed by atoms with Crippen LogP contribution in [0.3, 0.4) is 0 Å². The normalized spacial score (nSPS) is 16.9. The predicted molar refractivity (Wildman–Crippen MR) is 112 cm³/mol. The van der Waals surface area contributed by atoms with Gasteiger partial charge in [-0.3, -0.25) is 14.3 Å². The molecule has 1 aromatic carbocycles. The zero-order valence-electron chi connectivity index (χ0n) is 17.4. The van der Waals surface area contributed by atoms with Crippen molar-refractivity contribution in [2.45, 2.75) is 65.1 Å². The molecule has 1 aromatic heterocycles. The lowest BCUT2D eigenvalue weighted by Crippen LogP contribution is -2.38. The lowest BCUT2D eigenvalue weighted by molar-refractivity contribution is 0.0730. The highest BCUT2D eigenvalue weighted by Crippen LogP contribution is 2.26. The third kappa shape index (κ3) is 4.21. The molecule has 2 heterocycles. The summed E-state index contributed by atoms with van der Waals surface area (Å²) >= 11 is 0. The molecule has 1 fully saturated rings. The van der Waals surface area contributed by atoms with Crippen molar-refractivity contribution >= 4 is 11.8 Å². The second-order valence-electron chi connectivity index (χ2n) is 8.65. The predicted octanol–water partition coefficient (Wildman–Crippen LogP) is 3.41. The van der Waals surface area contributed by atoms with Gasteiger partial charge in [-0.05, 0) is 30.9 Å². The second kappa shape index (κ2) is 8.39. The summed E-state index contributed by atoms with van der Waals surface area (Å²) in [5.41, 5.74) is 3.20. The van der Waals surface area contributed by atoms with Gasteiger partial charge in [0.25, 0.3) is 11.8 Å². The summed E-state index contributed by atoms with van der Waals surface area (Å²) in [5.74, 6) is 0.355. The van der Waals surface area contributed by atoms with E-state index in [0.717, 1.165) is 37.1 Å². The Balaban J connectivity index is 1.60. The van der Waals surface area contributed by atoms with E-state index in [0.29, 0.717) is 30.3 Å². The molecule has 1 saturated carbocycles. The van der Waals surface area contributed by atoms with Gasteiger partial charge in [0.15, 0.2) is 5.69 Å². The lowest BCUT2D eigenvalue weighted by atomic mass is 10.0. The van der Waals surface area contributed by atoms with E-state index in [4.69, 9.17) is 5.10 Å². The number of nitrogens with zero attached hydrogens (tertiary/aromatic N) is 3. The Labute approximate surface area is 172 Å². The van der Waals surface area contributed by atoms with Gasteiger partial charge in [0.1, 0.15) is 0 Å². The SMILES string of the molecule is CC(C)Cn1nc(C(=O)NC2CCCC2)c2c1CCN(C(=O)c1ccccc1)C2. The fourth-order valence-electron chi connectivity index (χ4n) is 4.43. The molecule has 1 N–H and O–H groups in total. The van der Waals surface area contributed by atoms with Gasteiger partial charge in [-0.1, -0.05) is 44.9 Å². The van der Waals surface area contributed by atoms with E-state index < -0.39 is 0 Å². The van der Waals surface area contributed by atoms with Gasteiger partial charge in [0, 0.05) is 42.4 Å². The minimum absolute atomic E-state index is 0.00927. The molecule has 29 heavy (non-hydrogen) atoms. The highest BCUT2D eigenvalue weighted by molar-refractivity contribution is 5.96. The molecule has 0 saturated heterocycles. The van der Waals surface area contributed by atoms with E-state index in [9.17, 15) is 9.59 Å². The minimum Gasteiger partial charge on any atom is -0.348 e. The quantitative estimate of drug-likeness (QED) is 0.845. The molecule has 0 atom stereocenters. The summed E-state index contributed by atoms with van der Waals surface area (Å²) in [4.78, 5) is 27.8. The number of rotatable bonds is 5. The molecule has 2 amide bonds. The Morgan fingerprint density at radius 1 is 1.17 bits per heavy atom. The first-order valence-corrected chi connectivity index (χ1v) is 10.8. The average Bonchev–Trinajstić information content (AvgIpc) is 3.35. The fraction of sp³-hybridized carbons (Fsp3) is 0.522. The maximum Gasteiger partial charge on any atom is 0.272 e. The largest absolute Gasteiger partial charge is 0.348 e. The molecule has 4 rings (SSSR count). The van der Waals surface area contributed by atoms with Crippen LogP contribution in [0.25, 0.3) is 0 Å². The van der Waals surface area contributed by atoms with Gasteiger partial charge < -0.3 is 10.2 Å². The van der Waals surface area contributed by atoms with Gasteiger partial charge in [-0.2, -0.15) is 5.10 Å². The van der Waals surface area contributed by atoms with Crippen LogP contribution in [0.2, 0.25) is 0 Å². The number of fused-ring (bicyclic) bond motifs is 1. The summed E-state index contributed by atoms with van der Waals surface area (Å²) in [6.07, 6.45) is 5.15. The van der Waals surface area contributed by atoms with Gasteiger partial charge in [-0.25, -0.2) is 0 Å². The van der Waals surface area contributed by atoms with Crippen molar-refractivity contribution in [1.82, 2.24) is 20.0 Å². The molecule has 1 aliphatic heterocycles. The molecule has 6 heteroatoms. The molecular weight excluding hydrogens is 364 g/mol. The summed E-state index contributed by atoms with van der Waals surface area (Å²) in [6, 6.07) is 9.60. The second-order valence-corrected chi connectivity index (χ2v) is 8.65. The van der Waals surface area contributed by atoms with Crippen molar-refractivity contribution in [3.05, 3.63) is 52.8 Å². The fourth-order valence-corrected chi connectivity index (χ4v) is 4.43. The number of carbonyl (C=O) groups is 2. The third-order valence-corrected chi connectivity index (χ3v) is 5.89. The van der Waals surface area contributed by atoms with Crippen LogP contribution in [0.4, 0.5) is 0 Å². The van der Waals surface area contributed by atoms with Crippen molar-refractivity contribution < 1.29 is 9.59 Å². The minimum atomic E-state index is -0.0929. The highest BCUT2D eigenvalue weighted by Gasteiger charge is 2.31. The van der Waals surface area contributed by atoms with Crippen LogP contribution in [0, 0.1) is 5.92 Å². The van der Waals surface area contributed by atoms with Crippen molar-refractivity contribution in [1.29, 1.82) is 0 Å². The van der Waals surface area contributed by atoms with E-state index in [1.807, 2.05) is 39.9 Å². The number of aromatic nitrogens is 2. The third-order valence-electron chi connectivity index (χ3n) is 5.89. The zero-order chi connectivity index (χ0) is 20.4. The van der Waals surface area contributed by atoms with E-state index >= 15 is 0 Å². The topological polar surface area (TPSA) is 67.2 Å². The lowest BCUT2D eigenvalue weighted by Gasteiger charge is -2.28. The van der Waals surface area contributed by atoms with Crippen LogP contribution in [0.5, 0.6) is 0 Å². The maximum atomic E-state index is 13.0. The number of hydrogen-bond donors (Lipinski definition) is 1. The summed E-state index contributed by atoms with van der Waals surface area (Å²) in [6.45, 7) is 6.18. The number of benzene rings is 1. The van der Waals surface area contributed by atoms with E-state index in [2.05, 4.69) is 19.2 Å². The first-order valence-electron chi connectivity index (χ1n) is 10.8. The standard InChI is InChI=1S/C23H30N4O2/c1-16(2)14-27-20-12-13-26(23(29)17-8-4-3-5-9-17)15-19(20)21(25-27)22(28)24-18-10-6-7-11-18/h3-5,8-9,16,18H,6-7,10-15H2,1-2H3,(H,24,28). The van der Waals surface area contributed by atoms with Gasteiger partial charge in [0.2, 0.25) is 0 Å². The first kappa shape index (κ1) is 19.7. The van der Waals surface area contributed by atoms with Crippen molar-refractivity contribution in [3.8, 4) is 0 Å². The Kier molecular flexibility index (Phi) is 5.69. The van der Waals surface area contributed by atoms with Gasteiger partial charge >= 0.3 is 0 Å². The molecule has 2 aliphatic rings. The van der Waals surface area contributed by atoms with Crippen LogP contribution in [0.1, 0.15) is 71.6 Å². The molecule has 0 bridgehead atoms. The Morgan fingerprint density at radius 2 is 1.90 bits per heavy atom. The Hall–Kier alpha value is -2.63. The first-order chi connectivity index (χ1) is 14.0. The van der Waals surface area contributed by atoms with Crippen LogP contribution in [-0.2, 0) is 19.5 Å². The molecular formula is C23H30N4O2. The molecule has 6 nitrogen and oxygen atoms in total. The average molecular weight is 395 g/mol. The monoisotopic (exact) mass is 394 g/mol. The number of nitrogens with one attached hydrogen (secondary N) is 1. The summed E-state index contributed by atoms with van der Waals surface area (Å²) in [5, 5.41) is 7.88. The molecule has 1 aliphatic carbocycles. The Morgan fingerprint density at radius 3 is 2.59 bits per heavy atom. The smallest absolute Gasteiger partial charge is 0.272 e. The molecule has 0 unspecified atom stereocenters. The van der Waals surface area contributed by atoms with Crippen molar-refractivity contribution in [2.75, 3.05) is 6.54 Å². The van der Waals surface area contributed by atoms with Gasteiger partial charge in [0.05, 0.1) is 6.54 Å². The van der Waals surface area contributed by atoms with E-state index in [1.165, 1.54) is 12.8 Å². The molecule has 0 spiro atoms. The van der Waals surface area contributed by atoms with Crippen LogP contribution in [-0.4, -0.2) is 39.1 Å². The molecule has 0 radical (unpaired) electrons. The number of carbonyl (C=O) groups excluding carboxylic acids is 2. The zero-order valence-corrected chi connectivity index (χ0v) is 17.4. The number of amides is 2. The van der Waals surface area contributed by atoms with Crippen LogP contribution < -0.4 is 5.32 Å². The summed E-state index contributed by atoms with van der Waals surface area (Å²) < 4.78 is 1.99. The van der Waals surface area contributed by atoms with Gasteiger partial charge in [-0.15, -0.1) is 0 Å². The summed E-state index contributed by atoms with van der Waals surface area (Å²) in [7, 11) is 0. The van der Waals surface area contributed by atoms with Crippen LogP contribution >= 0.6 is 0 Å². The number of hydrogen-bond acceptors (Lipinski definition) is 3. The van der Waals surface area contributed by atoms with E-state index in [1.54, 1.807) is 0 Å². The van der Waals surface area contributed by atoms with Crippen LogP contribution in [0.15, 0.2) is 30.3 Å². The molecule has 154 valence electrons. The highest BCUT2D eigenvalue weighted by atomic mass is 16.2. The van der Waals surface area contributed by atoms with Crippen molar-refractivity contribution in [2.24, 2.45) is 5.92 Å². The Bertz CT molecular complexity index is 882. The van der Waals surface area contributed by atoms with Crippen molar-refractivity contribution in [3.63, 3.8) is 0 Å². The van der Waals surface area contributed by atoms with E-state index in [-0.39, 0.29) is 17.9 Å².